The third-order valence-electron chi connectivity index (χ3n) is 3.35. The summed E-state index contributed by atoms with van der Waals surface area (Å²) in [5, 5.41) is 6.84. The smallest absolute Gasteiger partial charge is 0.343 e. The number of ether oxygens (including phenoxy) is 1. The number of esters is 1. The number of thiazole rings is 1. The molecule has 0 aliphatic rings. The topological polar surface area (TPSA) is 57.0 Å². The number of rotatable bonds is 4. The van der Waals surface area contributed by atoms with E-state index in [4.69, 9.17) is 16.3 Å². The van der Waals surface area contributed by atoms with E-state index in [1.807, 2.05) is 0 Å². The van der Waals surface area contributed by atoms with Crippen molar-refractivity contribution >= 4 is 28.9 Å². The molecule has 0 saturated carbocycles. The Hall–Kier alpha value is -2.25. The lowest BCUT2D eigenvalue weighted by Gasteiger charge is -2.02. The molecule has 0 bridgehead atoms. The molecule has 0 fully saturated rings. The van der Waals surface area contributed by atoms with E-state index in [0.29, 0.717) is 11.4 Å². The van der Waals surface area contributed by atoms with Gasteiger partial charge in [-0.3, -0.25) is 4.68 Å². The zero-order chi connectivity index (χ0) is 17.3. The molecule has 2 aromatic heterocycles. The van der Waals surface area contributed by atoms with Gasteiger partial charge in [-0.05, 0) is 31.2 Å². The lowest BCUT2D eigenvalue weighted by molar-refractivity contribution is 0.0468. The van der Waals surface area contributed by atoms with Gasteiger partial charge in [0.1, 0.15) is 28.1 Å². The van der Waals surface area contributed by atoms with Gasteiger partial charge in [0.15, 0.2) is 0 Å². The van der Waals surface area contributed by atoms with Crippen LogP contribution in [0.25, 0.3) is 10.6 Å². The molecule has 0 saturated heterocycles. The van der Waals surface area contributed by atoms with Crippen molar-refractivity contribution in [3.63, 3.8) is 0 Å². The molecule has 0 unspecified atom stereocenters. The summed E-state index contributed by atoms with van der Waals surface area (Å²) in [4.78, 5) is 16.6. The van der Waals surface area contributed by atoms with E-state index in [0.717, 1.165) is 10.6 Å². The van der Waals surface area contributed by atoms with Crippen LogP contribution < -0.4 is 0 Å². The van der Waals surface area contributed by atoms with Crippen molar-refractivity contribution in [1.82, 2.24) is 14.8 Å². The summed E-state index contributed by atoms with van der Waals surface area (Å²) in [6, 6.07) is 6.07. The lowest BCUT2D eigenvalue weighted by Crippen LogP contribution is -2.07. The fraction of sp³-hybridized carbons (Fsp3) is 0.188. The van der Waals surface area contributed by atoms with Crippen molar-refractivity contribution in [3.05, 3.63) is 57.6 Å². The monoisotopic (exact) mass is 365 g/mol. The third kappa shape index (κ3) is 3.32. The van der Waals surface area contributed by atoms with Gasteiger partial charge in [-0.15, -0.1) is 11.3 Å². The first-order valence-corrected chi connectivity index (χ1v) is 8.28. The van der Waals surface area contributed by atoms with Crippen LogP contribution >= 0.6 is 22.9 Å². The zero-order valence-electron chi connectivity index (χ0n) is 12.9. The second kappa shape index (κ2) is 6.70. The van der Waals surface area contributed by atoms with Gasteiger partial charge in [-0.25, -0.2) is 14.2 Å². The molecule has 0 amide bonds. The molecular weight excluding hydrogens is 353 g/mol. The van der Waals surface area contributed by atoms with E-state index in [1.165, 1.54) is 28.2 Å². The summed E-state index contributed by atoms with van der Waals surface area (Å²) in [6.45, 7) is 1.72. The molecule has 0 atom stereocenters. The molecule has 8 heteroatoms. The van der Waals surface area contributed by atoms with Gasteiger partial charge in [0.2, 0.25) is 0 Å². The first kappa shape index (κ1) is 16.6. The van der Waals surface area contributed by atoms with E-state index in [-0.39, 0.29) is 23.1 Å². The van der Waals surface area contributed by atoms with Crippen LogP contribution in [0.5, 0.6) is 0 Å². The summed E-state index contributed by atoms with van der Waals surface area (Å²) in [5.41, 5.74) is 2.20. The van der Waals surface area contributed by atoms with Gasteiger partial charge in [0.25, 0.3) is 0 Å². The SMILES string of the molecule is Cc1nn(C)c(Cl)c1C(=O)OCc1csc(-c2ccc(F)cc2)n1. The highest BCUT2D eigenvalue weighted by Crippen LogP contribution is 2.25. The first-order chi connectivity index (χ1) is 11.5. The van der Waals surface area contributed by atoms with Crippen LogP contribution in [-0.4, -0.2) is 20.7 Å². The van der Waals surface area contributed by atoms with Crippen LogP contribution in [0.1, 0.15) is 21.7 Å². The largest absolute Gasteiger partial charge is 0.455 e. The van der Waals surface area contributed by atoms with Gasteiger partial charge in [-0.2, -0.15) is 5.10 Å². The molecule has 5 nitrogen and oxygen atoms in total. The molecule has 124 valence electrons. The van der Waals surface area contributed by atoms with Gasteiger partial charge in [0, 0.05) is 18.0 Å². The van der Waals surface area contributed by atoms with Crippen LogP contribution in [0.3, 0.4) is 0 Å². The fourth-order valence-electron chi connectivity index (χ4n) is 2.17. The number of aromatic nitrogens is 3. The van der Waals surface area contributed by atoms with Crippen LogP contribution in [0.4, 0.5) is 4.39 Å². The van der Waals surface area contributed by atoms with Crippen molar-refractivity contribution in [2.45, 2.75) is 13.5 Å². The molecule has 0 radical (unpaired) electrons. The third-order valence-corrected chi connectivity index (χ3v) is 4.72. The Balaban J connectivity index is 1.69. The number of hydrogen-bond acceptors (Lipinski definition) is 5. The number of carbonyl (C=O) groups is 1. The molecule has 0 spiro atoms. The molecule has 0 aliphatic heterocycles. The Bertz CT molecular complexity index is 889. The minimum atomic E-state index is -0.540. The minimum absolute atomic E-state index is 0.0290. The van der Waals surface area contributed by atoms with Crippen LogP contribution in [0, 0.1) is 12.7 Å². The van der Waals surface area contributed by atoms with Crippen molar-refractivity contribution in [1.29, 1.82) is 0 Å². The van der Waals surface area contributed by atoms with E-state index in [1.54, 1.807) is 31.5 Å². The second-order valence-corrected chi connectivity index (χ2v) is 6.32. The second-order valence-electron chi connectivity index (χ2n) is 5.10. The molecule has 3 rings (SSSR count). The summed E-state index contributed by atoms with van der Waals surface area (Å²) >= 11 is 7.44. The Kier molecular flexibility index (Phi) is 4.64. The Labute approximate surface area is 146 Å². The van der Waals surface area contributed by atoms with Gasteiger partial charge < -0.3 is 4.74 Å². The maximum absolute atomic E-state index is 13.0. The summed E-state index contributed by atoms with van der Waals surface area (Å²) < 4.78 is 19.6. The summed E-state index contributed by atoms with van der Waals surface area (Å²) in [5.74, 6) is -0.838. The molecule has 0 N–H and O–H groups in total. The molecular formula is C16H13ClFN3O2S. The average Bonchev–Trinajstić information content (AvgIpc) is 3.11. The van der Waals surface area contributed by atoms with Crippen LogP contribution in [-0.2, 0) is 18.4 Å². The maximum Gasteiger partial charge on any atom is 0.343 e. The van der Waals surface area contributed by atoms with Crippen LogP contribution in [0.15, 0.2) is 29.6 Å². The van der Waals surface area contributed by atoms with E-state index < -0.39 is 5.97 Å². The fourth-order valence-corrected chi connectivity index (χ4v) is 3.23. The summed E-state index contributed by atoms with van der Waals surface area (Å²) in [7, 11) is 1.65. The van der Waals surface area contributed by atoms with Gasteiger partial charge in [0.05, 0.1) is 11.4 Å². The predicted molar refractivity (Wildman–Crippen MR) is 89.6 cm³/mol. The van der Waals surface area contributed by atoms with E-state index in [2.05, 4.69) is 10.1 Å². The number of aryl methyl sites for hydroxylation is 2. The van der Waals surface area contributed by atoms with Crippen molar-refractivity contribution < 1.29 is 13.9 Å². The molecule has 1 aromatic carbocycles. The lowest BCUT2D eigenvalue weighted by atomic mass is 10.2. The number of hydrogen-bond donors (Lipinski definition) is 0. The normalized spacial score (nSPS) is 10.8. The van der Waals surface area contributed by atoms with Crippen molar-refractivity contribution in [2.75, 3.05) is 0 Å². The highest BCUT2D eigenvalue weighted by Gasteiger charge is 2.20. The van der Waals surface area contributed by atoms with Crippen molar-refractivity contribution in [2.24, 2.45) is 7.05 Å². The van der Waals surface area contributed by atoms with E-state index >= 15 is 0 Å². The number of carbonyl (C=O) groups excluding carboxylic acids is 1. The molecule has 3 aromatic rings. The Morgan fingerprint density at radius 1 is 1.38 bits per heavy atom. The number of halogens is 2. The minimum Gasteiger partial charge on any atom is -0.455 e. The van der Waals surface area contributed by atoms with E-state index in [9.17, 15) is 9.18 Å². The zero-order valence-corrected chi connectivity index (χ0v) is 14.5. The Morgan fingerprint density at radius 2 is 2.08 bits per heavy atom. The Morgan fingerprint density at radius 3 is 2.71 bits per heavy atom. The predicted octanol–water partition coefficient (Wildman–Crippen LogP) is 4.00. The molecule has 0 aliphatic carbocycles. The summed E-state index contributed by atoms with van der Waals surface area (Å²) in [6.07, 6.45) is 0. The molecule has 2 heterocycles. The first-order valence-electron chi connectivity index (χ1n) is 7.02. The molecule has 24 heavy (non-hydrogen) atoms. The van der Waals surface area contributed by atoms with Crippen molar-refractivity contribution in [3.8, 4) is 10.6 Å². The standard InChI is InChI=1S/C16H13ClFN3O2S/c1-9-13(14(17)21(2)20-9)16(22)23-7-12-8-24-15(19-12)10-3-5-11(18)6-4-10/h3-6,8H,7H2,1-2H3. The van der Waals surface area contributed by atoms with Gasteiger partial charge in [-0.1, -0.05) is 11.6 Å². The highest BCUT2D eigenvalue weighted by atomic mass is 35.5. The average molecular weight is 366 g/mol. The maximum atomic E-state index is 13.0. The quantitative estimate of drug-likeness (QED) is 0.656. The van der Waals surface area contributed by atoms with Crippen LogP contribution in [0.2, 0.25) is 5.15 Å². The number of nitrogens with zero attached hydrogens (tertiary/aromatic N) is 3. The highest BCUT2D eigenvalue weighted by molar-refractivity contribution is 7.13. The number of benzene rings is 1. The van der Waals surface area contributed by atoms with Gasteiger partial charge >= 0.3 is 5.97 Å².